The van der Waals surface area contributed by atoms with Crippen molar-refractivity contribution in [3.63, 3.8) is 0 Å². The maximum absolute atomic E-state index is 13.7. The first-order valence-corrected chi connectivity index (χ1v) is 6.85. The van der Waals surface area contributed by atoms with Crippen molar-refractivity contribution in [3.8, 4) is 0 Å². The van der Waals surface area contributed by atoms with Crippen LogP contribution in [0.3, 0.4) is 0 Å². The number of hydrogen-bond acceptors (Lipinski definition) is 2. The number of halogens is 1. The summed E-state index contributed by atoms with van der Waals surface area (Å²) in [5.74, 6) is -0.897. The molecule has 3 nitrogen and oxygen atoms in total. The van der Waals surface area contributed by atoms with Gasteiger partial charge in [0.05, 0.1) is 0 Å². The summed E-state index contributed by atoms with van der Waals surface area (Å²) >= 11 is 0. The van der Waals surface area contributed by atoms with Gasteiger partial charge >= 0.3 is 0 Å². The number of hydrogen-bond donors (Lipinski definition) is 2. The molecule has 2 aromatic carbocycles. The number of aryl methyl sites for hydroxylation is 1. The molecular formula is C17H19FN2O. The van der Waals surface area contributed by atoms with Crippen LogP contribution in [0, 0.1) is 12.7 Å². The Morgan fingerprint density at radius 1 is 1.24 bits per heavy atom. The summed E-state index contributed by atoms with van der Waals surface area (Å²) in [7, 11) is 0. The Bertz CT molecular complexity index is 638. The van der Waals surface area contributed by atoms with Crippen LogP contribution in [0.25, 0.3) is 0 Å². The van der Waals surface area contributed by atoms with Crippen LogP contribution in [-0.2, 0) is 6.54 Å². The van der Waals surface area contributed by atoms with Crippen molar-refractivity contribution in [2.75, 3.05) is 0 Å². The predicted octanol–water partition coefficient (Wildman–Crippen LogP) is 3.08. The molecule has 0 radical (unpaired) electrons. The van der Waals surface area contributed by atoms with Crippen LogP contribution in [-0.4, -0.2) is 5.91 Å². The number of rotatable bonds is 5. The van der Waals surface area contributed by atoms with Gasteiger partial charge in [-0.15, -0.1) is 0 Å². The molecule has 21 heavy (non-hydrogen) atoms. The van der Waals surface area contributed by atoms with Gasteiger partial charge in [0, 0.05) is 23.7 Å². The van der Waals surface area contributed by atoms with E-state index in [1.165, 1.54) is 23.8 Å². The van der Waals surface area contributed by atoms with E-state index in [0.717, 1.165) is 5.56 Å². The van der Waals surface area contributed by atoms with Crippen LogP contribution in [0.2, 0.25) is 0 Å². The highest BCUT2D eigenvalue weighted by Gasteiger charge is 2.09. The van der Waals surface area contributed by atoms with Gasteiger partial charge in [0.2, 0.25) is 5.91 Å². The van der Waals surface area contributed by atoms with E-state index in [9.17, 15) is 9.18 Å². The zero-order valence-corrected chi connectivity index (χ0v) is 12.2. The lowest BCUT2D eigenvalue weighted by atomic mass is 10.1. The first kappa shape index (κ1) is 15.2. The van der Waals surface area contributed by atoms with Gasteiger partial charge in [-0.1, -0.05) is 29.8 Å². The summed E-state index contributed by atoms with van der Waals surface area (Å²) in [6.45, 7) is 4.38. The van der Waals surface area contributed by atoms with Gasteiger partial charge in [0.15, 0.2) is 0 Å². The predicted molar refractivity (Wildman–Crippen MR) is 81.4 cm³/mol. The van der Waals surface area contributed by atoms with Gasteiger partial charge in [-0.05, 0) is 37.6 Å². The number of nitrogens with two attached hydrogens (primary N) is 1. The zero-order chi connectivity index (χ0) is 15.4. The average Bonchev–Trinajstić information content (AvgIpc) is 2.46. The van der Waals surface area contributed by atoms with E-state index < -0.39 is 5.91 Å². The Kier molecular flexibility index (Phi) is 4.70. The summed E-state index contributed by atoms with van der Waals surface area (Å²) in [5.41, 5.74) is 8.30. The maximum atomic E-state index is 13.7. The molecule has 0 saturated carbocycles. The van der Waals surface area contributed by atoms with Gasteiger partial charge in [0.1, 0.15) is 5.82 Å². The molecule has 0 saturated heterocycles. The zero-order valence-electron chi connectivity index (χ0n) is 12.2. The summed E-state index contributed by atoms with van der Waals surface area (Å²) in [6, 6.07) is 12.4. The van der Waals surface area contributed by atoms with E-state index in [0.29, 0.717) is 17.7 Å². The molecule has 0 aliphatic heterocycles. The fourth-order valence-electron chi connectivity index (χ4n) is 2.10. The third kappa shape index (κ3) is 3.89. The highest BCUT2D eigenvalue weighted by atomic mass is 19.1. The van der Waals surface area contributed by atoms with Crippen LogP contribution < -0.4 is 11.1 Å². The molecule has 0 fully saturated rings. The minimum atomic E-state index is -0.553. The van der Waals surface area contributed by atoms with E-state index in [1.807, 2.05) is 38.1 Å². The number of carbonyl (C=O) groups is 1. The average molecular weight is 286 g/mol. The van der Waals surface area contributed by atoms with Crippen LogP contribution >= 0.6 is 0 Å². The summed E-state index contributed by atoms with van der Waals surface area (Å²) < 4.78 is 13.7. The molecule has 0 aliphatic carbocycles. The van der Waals surface area contributed by atoms with E-state index in [1.54, 1.807) is 0 Å². The molecular weight excluding hydrogens is 267 g/mol. The number of carbonyl (C=O) groups excluding carboxylic acids is 1. The second-order valence-corrected chi connectivity index (χ2v) is 5.18. The maximum Gasteiger partial charge on any atom is 0.248 e. The Morgan fingerprint density at radius 2 is 1.90 bits per heavy atom. The van der Waals surface area contributed by atoms with Gasteiger partial charge < -0.3 is 11.1 Å². The molecule has 1 atom stereocenters. The van der Waals surface area contributed by atoms with Crippen molar-refractivity contribution >= 4 is 5.91 Å². The third-order valence-corrected chi connectivity index (χ3v) is 3.51. The highest BCUT2D eigenvalue weighted by Crippen LogP contribution is 2.16. The van der Waals surface area contributed by atoms with Crippen molar-refractivity contribution < 1.29 is 9.18 Å². The highest BCUT2D eigenvalue weighted by molar-refractivity contribution is 5.92. The van der Waals surface area contributed by atoms with Crippen molar-refractivity contribution in [3.05, 3.63) is 70.5 Å². The van der Waals surface area contributed by atoms with E-state index in [4.69, 9.17) is 5.73 Å². The quantitative estimate of drug-likeness (QED) is 0.887. The van der Waals surface area contributed by atoms with Crippen molar-refractivity contribution in [1.82, 2.24) is 5.32 Å². The first-order valence-electron chi connectivity index (χ1n) is 6.85. The van der Waals surface area contributed by atoms with Crippen molar-refractivity contribution in [1.29, 1.82) is 0 Å². The van der Waals surface area contributed by atoms with Gasteiger partial charge in [0.25, 0.3) is 0 Å². The molecule has 3 N–H and O–H groups in total. The van der Waals surface area contributed by atoms with Crippen LogP contribution in [0.5, 0.6) is 0 Å². The lowest BCUT2D eigenvalue weighted by Crippen LogP contribution is -2.19. The summed E-state index contributed by atoms with van der Waals surface area (Å²) in [5, 5.41) is 3.25. The lowest BCUT2D eigenvalue weighted by Gasteiger charge is -2.15. The molecule has 2 rings (SSSR count). The largest absolute Gasteiger partial charge is 0.366 e. The van der Waals surface area contributed by atoms with Crippen LogP contribution in [0.1, 0.15) is 40.0 Å². The molecule has 0 spiro atoms. The molecule has 110 valence electrons. The van der Waals surface area contributed by atoms with Crippen molar-refractivity contribution in [2.24, 2.45) is 5.73 Å². The summed E-state index contributed by atoms with van der Waals surface area (Å²) in [6.07, 6.45) is 0. The second kappa shape index (κ2) is 6.50. The van der Waals surface area contributed by atoms with E-state index >= 15 is 0 Å². The standard InChI is InChI=1S/C17H19FN2O/c1-11-3-5-13(6-4-11)12(2)20-10-15-9-14(17(19)21)7-8-16(15)18/h3-9,12,20H,10H2,1-2H3,(H2,19,21). The van der Waals surface area contributed by atoms with E-state index in [-0.39, 0.29) is 11.9 Å². The minimum Gasteiger partial charge on any atom is -0.366 e. The topological polar surface area (TPSA) is 55.1 Å². The number of nitrogens with one attached hydrogen (secondary N) is 1. The molecule has 0 aromatic heterocycles. The van der Waals surface area contributed by atoms with E-state index in [2.05, 4.69) is 5.32 Å². The Balaban J connectivity index is 2.07. The monoisotopic (exact) mass is 286 g/mol. The van der Waals surface area contributed by atoms with Crippen molar-refractivity contribution in [2.45, 2.75) is 26.4 Å². The van der Waals surface area contributed by atoms with Gasteiger partial charge in [-0.25, -0.2) is 4.39 Å². The minimum absolute atomic E-state index is 0.0854. The second-order valence-electron chi connectivity index (χ2n) is 5.18. The Morgan fingerprint density at radius 3 is 2.52 bits per heavy atom. The molecule has 4 heteroatoms. The number of benzene rings is 2. The number of primary amides is 1. The molecule has 1 unspecified atom stereocenters. The SMILES string of the molecule is Cc1ccc(C(C)NCc2cc(C(N)=O)ccc2F)cc1. The lowest BCUT2D eigenvalue weighted by molar-refractivity contribution is 0.1000. The smallest absolute Gasteiger partial charge is 0.248 e. The molecule has 0 aliphatic rings. The van der Waals surface area contributed by atoms with Crippen LogP contribution in [0.4, 0.5) is 4.39 Å². The molecule has 1 amide bonds. The van der Waals surface area contributed by atoms with Gasteiger partial charge in [-0.2, -0.15) is 0 Å². The molecule has 0 bridgehead atoms. The molecule has 2 aromatic rings. The third-order valence-electron chi connectivity index (χ3n) is 3.51. The fraction of sp³-hybridized carbons (Fsp3) is 0.235. The number of amides is 1. The molecule has 0 heterocycles. The Hall–Kier alpha value is -2.20. The van der Waals surface area contributed by atoms with Crippen LogP contribution in [0.15, 0.2) is 42.5 Å². The normalized spacial score (nSPS) is 12.1. The van der Waals surface area contributed by atoms with Gasteiger partial charge in [-0.3, -0.25) is 4.79 Å². The summed E-state index contributed by atoms with van der Waals surface area (Å²) in [4.78, 5) is 11.1. The first-order chi connectivity index (χ1) is 9.97. The fourth-order valence-corrected chi connectivity index (χ4v) is 2.10. The Labute approximate surface area is 124 Å².